The number of carbonyl (C=O) groups excluding carboxylic acids is 1. The van der Waals surface area contributed by atoms with E-state index in [4.69, 9.17) is 10.00 Å². The smallest absolute Gasteiger partial charge is 0.350 e. The van der Waals surface area contributed by atoms with Gasteiger partial charge in [0.15, 0.2) is 6.10 Å². The SMILES string of the molecule is Cc1cc(/C=C(\C#N)C(=O)O[C@H](C)C#N)c(C)n1CCC(C)C. The highest BCUT2D eigenvalue weighted by atomic mass is 16.5. The van der Waals surface area contributed by atoms with Gasteiger partial charge in [0.05, 0.1) is 0 Å². The lowest BCUT2D eigenvalue weighted by atomic mass is 10.1. The zero-order chi connectivity index (χ0) is 17.6. The summed E-state index contributed by atoms with van der Waals surface area (Å²) in [6.45, 7) is 10.7. The molecular formula is C18H23N3O2. The second kappa shape index (κ2) is 8.19. The summed E-state index contributed by atoms with van der Waals surface area (Å²) in [7, 11) is 0. The fourth-order valence-electron chi connectivity index (χ4n) is 2.25. The molecule has 0 amide bonds. The van der Waals surface area contributed by atoms with E-state index in [1.54, 1.807) is 6.07 Å². The highest BCUT2D eigenvalue weighted by Gasteiger charge is 2.16. The molecule has 0 spiro atoms. The summed E-state index contributed by atoms with van der Waals surface area (Å²) in [5.74, 6) is -0.166. The predicted molar refractivity (Wildman–Crippen MR) is 88.1 cm³/mol. The third-order valence-electron chi connectivity index (χ3n) is 3.65. The molecule has 0 aromatic carbocycles. The minimum absolute atomic E-state index is 0.101. The maximum Gasteiger partial charge on any atom is 0.350 e. The predicted octanol–water partition coefficient (Wildman–Crippen LogP) is 3.51. The second-order valence-corrected chi connectivity index (χ2v) is 6.01. The molecule has 0 N–H and O–H groups in total. The lowest BCUT2D eigenvalue weighted by Crippen LogP contribution is -2.14. The van der Waals surface area contributed by atoms with E-state index in [2.05, 4.69) is 18.4 Å². The summed E-state index contributed by atoms with van der Waals surface area (Å²) in [5.41, 5.74) is 2.82. The van der Waals surface area contributed by atoms with Crippen molar-refractivity contribution in [1.82, 2.24) is 4.57 Å². The Morgan fingerprint density at radius 2 is 2.00 bits per heavy atom. The standard InChI is InChI=1S/C18H23N3O2/c1-12(2)6-7-21-13(3)8-16(15(21)5)9-17(11-20)18(22)23-14(4)10-19/h8-9,12,14H,6-7H2,1-5H3/b17-9+/t14-/m1/s1. The maximum atomic E-state index is 11.9. The molecule has 1 aromatic heterocycles. The van der Waals surface area contributed by atoms with Gasteiger partial charge < -0.3 is 9.30 Å². The first-order valence-corrected chi connectivity index (χ1v) is 7.69. The molecule has 0 saturated heterocycles. The molecule has 5 heteroatoms. The van der Waals surface area contributed by atoms with E-state index in [1.165, 1.54) is 13.0 Å². The normalized spacial score (nSPS) is 12.6. The van der Waals surface area contributed by atoms with Crippen LogP contribution in [0.5, 0.6) is 0 Å². The molecule has 0 aliphatic heterocycles. The molecule has 1 atom stereocenters. The van der Waals surface area contributed by atoms with Crippen LogP contribution in [0.1, 0.15) is 44.1 Å². The number of ether oxygens (including phenoxy) is 1. The maximum absolute atomic E-state index is 11.9. The average Bonchev–Trinajstić information content (AvgIpc) is 2.76. The van der Waals surface area contributed by atoms with Gasteiger partial charge >= 0.3 is 5.97 Å². The van der Waals surface area contributed by atoms with Crippen LogP contribution >= 0.6 is 0 Å². The van der Waals surface area contributed by atoms with Crippen molar-refractivity contribution in [3.8, 4) is 12.1 Å². The molecule has 1 rings (SSSR count). The molecule has 122 valence electrons. The molecule has 0 radical (unpaired) electrons. The zero-order valence-corrected chi connectivity index (χ0v) is 14.4. The van der Waals surface area contributed by atoms with Crippen molar-refractivity contribution in [3.05, 3.63) is 28.6 Å². The monoisotopic (exact) mass is 313 g/mol. The number of carbonyl (C=O) groups is 1. The minimum atomic E-state index is -0.877. The van der Waals surface area contributed by atoms with Gasteiger partial charge in [-0.05, 0) is 50.8 Å². The lowest BCUT2D eigenvalue weighted by Gasteiger charge is -2.11. The summed E-state index contributed by atoms with van der Waals surface area (Å²) in [6, 6.07) is 5.61. The van der Waals surface area contributed by atoms with Crippen LogP contribution in [0.25, 0.3) is 6.08 Å². The summed E-state index contributed by atoms with van der Waals surface area (Å²) in [5, 5.41) is 17.9. The van der Waals surface area contributed by atoms with Crippen LogP contribution in [-0.4, -0.2) is 16.6 Å². The lowest BCUT2D eigenvalue weighted by molar-refractivity contribution is -0.140. The van der Waals surface area contributed by atoms with E-state index >= 15 is 0 Å². The number of aromatic nitrogens is 1. The molecule has 0 aliphatic carbocycles. The Labute approximate surface area is 137 Å². The van der Waals surface area contributed by atoms with E-state index in [1.807, 2.05) is 26.0 Å². The Hall–Kier alpha value is -2.53. The minimum Gasteiger partial charge on any atom is -0.443 e. The van der Waals surface area contributed by atoms with Crippen molar-refractivity contribution >= 4 is 12.0 Å². The van der Waals surface area contributed by atoms with Crippen molar-refractivity contribution in [2.24, 2.45) is 5.92 Å². The Kier molecular flexibility index (Phi) is 6.60. The summed E-state index contributed by atoms with van der Waals surface area (Å²) in [6.07, 6.45) is 1.71. The molecule has 1 heterocycles. The summed E-state index contributed by atoms with van der Waals surface area (Å²) in [4.78, 5) is 11.9. The quantitative estimate of drug-likeness (QED) is 0.457. The van der Waals surface area contributed by atoms with E-state index in [9.17, 15) is 10.1 Å². The number of aryl methyl sites for hydroxylation is 1. The fourth-order valence-corrected chi connectivity index (χ4v) is 2.25. The summed E-state index contributed by atoms with van der Waals surface area (Å²) < 4.78 is 7.07. The molecule has 0 bridgehead atoms. The van der Waals surface area contributed by atoms with Gasteiger partial charge in [-0.25, -0.2) is 4.79 Å². The molecule has 0 unspecified atom stereocenters. The van der Waals surface area contributed by atoms with Crippen molar-refractivity contribution in [1.29, 1.82) is 10.5 Å². The van der Waals surface area contributed by atoms with Gasteiger partial charge in [-0.2, -0.15) is 10.5 Å². The number of nitrogens with zero attached hydrogens (tertiary/aromatic N) is 3. The second-order valence-electron chi connectivity index (χ2n) is 6.01. The van der Waals surface area contributed by atoms with E-state index in [0.717, 1.165) is 29.9 Å². The topological polar surface area (TPSA) is 78.8 Å². The van der Waals surface area contributed by atoms with Crippen LogP contribution in [0.2, 0.25) is 0 Å². The van der Waals surface area contributed by atoms with Gasteiger partial charge in [0.2, 0.25) is 0 Å². The number of hydrogen-bond acceptors (Lipinski definition) is 4. The molecular weight excluding hydrogens is 290 g/mol. The Morgan fingerprint density at radius 1 is 1.35 bits per heavy atom. The molecule has 1 aromatic rings. The third kappa shape index (κ3) is 5.00. The van der Waals surface area contributed by atoms with Crippen LogP contribution < -0.4 is 0 Å². The highest BCUT2D eigenvalue weighted by Crippen LogP contribution is 2.20. The largest absolute Gasteiger partial charge is 0.443 e. The number of nitriles is 2. The molecule has 0 fully saturated rings. The highest BCUT2D eigenvalue weighted by molar-refractivity contribution is 5.98. The average molecular weight is 313 g/mol. The zero-order valence-electron chi connectivity index (χ0n) is 14.4. The van der Waals surface area contributed by atoms with Crippen LogP contribution in [0.4, 0.5) is 0 Å². The number of rotatable bonds is 6. The molecule has 5 nitrogen and oxygen atoms in total. The number of hydrogen-bond donors (Lipinski definition) is 0. The van der Waals surface area contributed by atoms with E-state index < -0.39 is 12.1 Å². The van der Waals surface area contributed by atoms with E-state index in [0.29, 0.717) is 5.92 Å². The van der Waals surface area contributed by atoms with Gasteiger partial charge in [-0.1, -0.05) is 13.8 Å². The Bertz CT molecular complexity index is 684. The van der Waals surface area contributed by atoms with E-state index in [-0.39, 0.29) is 5.57 Å². The summed E-state index contributed by atoms with van der Waals surface area (Å²) >= 11 is 0. The Balaban J connectivity index is 3.06. The number of esters is 1. The van der Waals surface area contributed by atoms with Crippen LogP contribution in [0.15, 0.2) is 11.6 Å². The molecule has 0 aliphatic rings. The van der Waals surface area contributed by atoms with Crippen molar-refractivity contribution in [3.63, 3.8) is 0 Å². The van der Waals surface area contributed by atoms with Gasteiger partial charge in [-0.15, -0.1) is 0 Å². The Morgan fingerprint density at radius 3 is 2.52 bits per heavy atom. The van der Waals surface area contributed by atoms with Crippen LogP contribution in [-0.2, 0) is 16.1 Å². The molecule has 23 heavy (non-hydrogen) atoms. The van der Waals surface area contributed by atoms with Gasteiger partial charge in [0, 0.05) is 17.9 Å². The third-order valence-corrected chi connectivity index (χ3v) is 3.65. The first-order valence-electron chi connectivity index (χ1n) is 7.69. The first-order chi connectivity index (χ1) is 10.8. The van der Waals surface area contributed by atoms with Crippen LogP contribution in [0, 0.1) is 42.4 Å². The van der Waals surface area contributed by atoms with Crippen molar-refractivity contribution < 1.29 is 9.53 Å². The van der Waals surface area contributed by atoms with Crippen LogP contribution in [0.3, 0.4) is 0 Å². The van der Waals surface area contributed by atoms with Gasteiger partial charge in [0.1, 0.15) is 17.7 Å². The van der Waals surface area contributed by atoms with Crippen molar-refractivity contribution in [2.45, 2.75) is 53.7 Å². The molecule has 0 saturated carbocycles. The first kappa shape index (κ1) is 18.5. The van der Waals surface area contributed by atoms with Crippen molar-refractivity contribution in [2.75, 3.05) is 0 Å². The van der Waals surface area contributed by atoms with Gasteiger partial charge in [0.25, 0.3) is 0 Å². The van der Waals surface area contributed by atoms with Gasteiger partial charge in [-0.3, -0.25) is 0 Å². The fraction of sp³-hybridized carbons (Fsp3) is 0.500.